The van der Waals surface area contributed by atoms with E-state index in [1.165, 1.54) is 17.8 Å². The maximum Gasteiger partial charge on any atom is 0.195 e. The fraction of sp³-hybridized carbons (Fsp3) is 0.500. The number of thioether (sulfide) groups is 1. The van der Waals surface area contributed by atoms with Gasteiger partial charge in [0, 0.05) is 12.2 Å². The van der Waals surface area contributed by atoms with Crippen LogP contribution in [0, 0.1) is 11.7 Å². The third-order valence-corrected chi connectivity index (χ3v) is 7.04. The Labute approximate surface area is 150 Å². The molecule has 1 saturated heterocycles. The van der Waals surface area contributed by atoms with Crippen molar-refractivity contribution in [3.8, 4) is 5.69 Å². The van der Waals surface area contributed by atoms with Crippen molar-refractivity contribution < 1.29 is 12.8 Å². The summed E-state index contributed by atoms with van der Waals surface area (Å²) in [5, 5.41) is 8.93. The van der Waals surface area contributed by atoms with Crippen LogP contribution in [0.4, 0.5) is 4.39 Å². The summed E-state index contributed by atoms with van der Waals surface area (Å²) in [6.07, 6.45) is 2.02. The van der Waals surface area contributed by atoms with Gasteiger partial charge in [-0.25, -0.2) is 12.8 Å². The summed E-state index contributed by atoms with van der Waals surface area (Å²) in [5.74, 6) is 1.75. The standard InChI is InChI=1S/C16H21FN4O2S2/c17-13-3-1-2-4-14(13)21-15(5-8-18)19-20-16(21)24-9-6-12-7-10-25(22,23)11-12/h1-4,12H,5-11,18H2/t12-/m1/s1. The van der Waals surface area contributed by atoms with Crippen LogP contribution < -0.4 is 5.73 Å². The van der Waals surface area contributed by atoms with Gasteiger partial charge in [-0.1, -0.05) is 23.9 Å². The first-order chi connectivity index (χ1) is 12.0. The summed E-state index contributed by atoms with van der Waals surface area (Å²) in [5.41, 5.74) is 6.03. The summed E-state index contributed by atoms with van der Waals surface area (Å²) in [6, 6.07) is 6.49. The van der Waals surface area contributed by atoms with E-state index in [0.29, 0.717) is 29.6 Å². The average molecular weight is 385 g/mol. The van der Waals surface area contributed by atoms with Crippen molar-refractivity contribution in [3.63, 3.8) is 0 Å². The van der Waals surface area contributed by atoms with Gasteiger partial charge in [0.15, 0.2) is 15.0 Å². The van der Waals surface area contributed by atoms with E-state index in [-0.39, 0.29) is 23.2 Å². The van der Waals surface area contributed by atoms with Gasteiger partial charge in [-0.2, -0.15) is 0 Å². The van der Waals surface area contributed by atoms with Crippen molar-refractivity contribution in [2.24, 2.45) is 11.7 Å². The highest BCUT2D eigenvalue weighted by Gasteiger charge is 2.27. The van der Waals surface area contributed by atoms with Crippen LogP contribution in [0.25, 0.3) is 5.69 Å². The van der Waals surface area contributed by atoms with Gasteiger partial charge in [0.2, 0.25) is 0 Å². The van der Waals surface area contributed by atoms with Gasteiger partial charge in [0.05, 0.1) is 17.2 Å². The van der Waals surface area contributed by atoms with Crippen molar-refractivity contribution in [2.75, 3.05) is 23.8 Å². The van der Waals surface area contributed by atoms with Crippen LogP contribution in [0.15, 0.2) is 29.4 Å². The highest BCUT2D eigenvalue weighted by molar-refractivity contribution is 7.99. The predicted octanol–water partition coefficient (Wildman–Crippen LogP) is 1.82. The Morgan fingerprint density at radius 3 is 2.80 bits per heavy atom. The molecule has 0 spiro atoms. The molecule has 1 aromatic carbocycles. The smallest absolute Gasteiger partial charge is 0.195 e. The van der Waals surface area contributed by atoms with Crippen molar-refractivity contribution in [1.82, 2.24) is 14.8 Å². The van der Waals surface area contributed by atoms with E-state index in [1.54, 1.807) is 22.8 Å². The number of rotatable bonds is 7. The number of hydrogen-bond acceptors (Lipinski definition) is 6. The van der Waals surface area contributed by atoms with E-state index >= 15 is 0 Å². The molecule has 0 saturated carbocycles. The number of sulfone groups is 1. The van der Waals surface area contributed by atoms with E-state index in [2.05, 4.69) is 10.2 Å². The molecular formula is C16H21FN4O2S2. The first-order valence-corrected chi connectivity index (χ1v) is 11.0. The van der Waals surface area contributed by atoms with Gasteiger partial charge >= 0.3 is 0 Å². The van der Waals surface area contributed by atoms with E-state index in [4.69, 9.17) is 5.73 Å². The highest BCUT2D eigenvalue weighted by Crippen LogP contribution is 2.28. The normalized spacial score (nSPS) is 19.4. The van der Waals surface area contributed by atoms with Gasteiger partial charge in [0.1, 0.15) is 11.6 Å². The van der Waals surface area contributed by atoms with E-state index in [1.807, 2.05) is 0 Å². The van der Waals surface area contributed by atoms with E-state index in [0.717, 1.165) is 18.6 Å². The maximum atomic E-state index is 14.2. The molecule has 1 aliphatic heterocycles. The number of nitrogens with zero attached hydrogens (tertiary/aromatic N) is 3. The van der Waals surface area contributed by atoms with Crippen LogP contribution in [0.5, 0.6) is 0 Å². The third kappa shape index (κ3) is 4.39. The largest absolute Gasteiger partial charge is 0.330 e. The molecule has 1 fully saturated rings. The molecule has 6 nitrogen and oxygen atoms in total. The second kappa shape index (κ2) is 7.84. The Morgan fingerprint density at radius 2 is 2.12 bits per heavy atom. The molecule has 25 heavy (non-hydrogen) atoms. The molecule has 0 unspecified atom stereocenters. The quantitative estimate of drug-likeness (QED) is 0.733. The lowest BCUT2D eigenvalue weighted by Gasteiger charge is -2.11. The molecule has 1 atom stereocenters. The second-order valence-corrected chi connectivity index (χ2v) is 9.42. The molecule has 2 heterocycles. The van der Waals surface area contributed by atoms with Gasteiger partial charge in [-0.3, -0.25) is 4.57 Å². The molecular weight excluding hydrogens is 363 g/mol. The minimum Gasteiger partial charge on any atom is -0.330 e. The van der Waals surface area contributed by atoms with Gasteiger partial charge in [0.25, 0.3) is 0 Å². The molecule has 3 rings (SSSR count). The second-order valence-electron chi connectivity index (χ2n) is 6.13. The SMILES string of the molecule is NCCc1nnc(SCC[C@@H]2CCS(=O)(=O)C2)n1-c1ccccc1F. The van der Waals surface area contributed by atoms with E-state index in [9.17, 15) is 12.8 Å². The minimum absolute atomic E-state index is 0.200. The monoisotopic (exact) mass is 384 g/mol. The zero-order chi connectivity index (χ0) is 17.9. The van der Waals surface area contributed by atoms with Gasteiger partial charge in [-0.15, -0.1) is 10.2 Å². The lowest BCUT2D eigenvalue weighted by molar-refractivity contribution is 0.573. The average Bonchev–Trinajstić information content (AvgIpc) is 3.12. The van der Waals surface area contributed by atoms with Crippen molar-refractivity contribution >= 4 is 21.6 Å². The predicted molar refractivity (Wildman–Crippen MR) is 96.2 cm³/mol. The fourth-order valence-electron chi connectivity index (χ4n) is 2.98. The minimum atomic E-state index is -2.86. The van der Waals surface area contributed by atoms with Crippen LogP contribution in [0.2, 0.25) is 0 Å². The summed E-state index contributed by atoms with van der Waals surface area (Å²) in [6.45, 7) is 0.400. The Kier molecular flexibility index (Phi) is 5.75. The zero-order valence-corrected chi connectivity index (χ0v) is 15.4. The molecule has 9 heteroatoms. The topological polar surface area (TPSA) is 90.9 Å². The van der Waals surface area contributed by atoms with Gasteiger partial charge < -0.3 is 5.73 Å². The summed E-state index contributed by atoms with van der Waals surface area (Å²) >= 11 is 1.47. The van der Waals surface area contributed by atoms with Crippen LogP contribution in [0.1, 0.15) is 18.7 Å². The molecule has 0 bridgehead atoms. The molecule has 1 aromatic heterocycles. The molecule has 1 aliphatic rings. The van der Waals surface area contributed by atoms with Crippen LogP contribution >= 0.6 is 11.8 Å². The third-order valence-electron chi connectivity index (χ3n) is 4.25. The van der Waals surface area contributed by atoms with E-state index < -0.39 is 9.84 Å². The summed E-state index contributed by atoms with van der Waals surface area (Å²) < 4.78 is 39.0. The molecule has 2 N–H and O–H groups in total. The molecule has 0 aliphatic carbocycles. The highest BCUT2D eigenvalue weighted by atomic mass is 32.2. The maximum absolute atomic E-state index is 14.2. The number of aromatic nitrogens is 3. The Morgan fingerprint density at radius 1 is 1.32 bits per heavy atom. The molecule has 0 amide bonds. The summed E-state index contributed by atoms with van der Waals surface area (Å²) in [4.78, 5) is 0. The van der Waals surface area contributed by atoms with Crippen LogP contribution in [-0.2, 0) is 16.3 Å². The summed E-state index contributed by atoms with van der Waals surface area (Å²) in [7, 11) is -2.86. The number of nitrogens with two attached hydrogens (primary N) is 1. The molecule has 2 aromatic rings. The van der Waals surface area contributed by atoms with Crippen molar-refractivity contribution in [3.05, 3.63) is 35.9 Å². The van der Waals surface area contributed by atoms with Crippen molar-refractivity contribution in [1.29, 1.82) is 0 Å². The number of benzene rings is 1. The molecule has 0 radical (unpaired) electrons. The lowest BCUT2D eigenvalue weighted by atomic mass is 10.1. The fourth-order valence-corrected chi connectivity index (χ4v) is 5.95. The first-order valence-electron chi connectivity index (χ1n) is 8.22. The Balaban J connectivity index is 1.74. The van der Waals surface area contributed by atoms with Crippen LogP contribution in [0.3, 0.4) is 0 Å². The number of hydrogen-bond donors (Lipinski definition) is 1. The first kappa shape index (κ1) is 18.3. The van der Waals surface area contributed by atoms with Crippen LogP contribution in [-0.4, -0.2) is 47.0 Å². The zero-order valence-electron chi connectivity index (χ0n) is 13.8. The lowest BCUT2D eigenvalue weighted by Crippen LogP contribution is -2.11. The Bertz CT molecular complexity index is 838. The number of para-hydroxylation sites is 1. The molecule has 136 valence electrons. The van der Waals surface area contributed by atoms with Gasteiger partial charge in [-0.05, 0) is 37.4 Å². The number of halogens is 1. The van der Waals surface area contributed by atoms with Crippen molar-refractivity contribution in [2.45, 2.75) is 24.4 Å². The Hall–Kier alpha value is -1.45.